The highest BCUT2D eigenvalue weighted by Gasteiger charge is 2.20. The normalized spacial score (nSPS) is 11.9. The van der Waals surface area contributed by atoms with E-state index in [1.807, 2.05) is 42.5 Å². The molecule has 0 bridgehead atoms. The van der Waals surface area contributed by atoms with Gasteiger partial charge in [0.1, 0.15) is 0 Å². The molecule has 0 aliphatic heterocycles. The number of anilines is 1. The number of nitrogens with one attached hydrogen (secondary N) is 2. The third kappa shape index (κ3) is 3.44. The van der Waals surface area contributed by atoms with Crippen molar-refractivity contribution in [3.05, 3.63) is 66.5 Å². The molecule has 0 saturated heterocycles. The lowest BCUT2D eigenvalue weighted by Crippen LogP contribution is -2.22. The summed E-state index contributed by atoms with van der Waals surface area (Å²) >= 11 is 0. The van der Waals surface area contributed by atoms with Crippen molar-refractivity contribution < 1.29 is 9.53 Å². The van der Waals surface area contributed by atoms with Crippen LogP contribution in [0.1, 0.15) is 11.7 Å². The predicted octanol–water partition coefficient (Wildman–Crippen LogP) is 2.80. The first kappa shape index (κ1) is 14.9. The second kappa shape index (κ2) is 6.85. The molecule has 1 aromatic carbocycles. The zero-order valence-corrected chi connectivity index (χ0v) is 12.6. The highest BCUT2D eigenvalue weighted by Crippen LogP contribution is 2.21. The fourth-order valence-corrected chi connectivity index (χ4v) is 2.28. The summed E-state index contributed by atoms with van der Waals surface area (Å²) in [5, 5.41) is 9.76. The van der Waals surface area contributed by atoms with Crippen LogP contribution < -0.4 is 5.32 Å². The summed E-state index contributed by atoms with van der Waals surface area (Å²) in [7, 11) is 1.50. The summed E-state index contributed by atoms with van der Waals surface area (Å²) in [5.41, 5.74) is 2.54. The Morgan fingerprint density at radius 1 is 1.17 bits per heavy atom. The fourth-order valence-electron chi connectivity index (χ4n) is 2.28. The monoisotopic (exact) mass is 308 g/mol. The Hall–Kier alpha value is -2.99. The average molecular weight is 308 g/mol. The van der Waals surface area contributed by atoms with Gasteiger partial charge >= 0.3 is 0 Å². The van der Waals surface area contributed by atoms with Crippen molar-refractivity contribution in [3.8, 4) is 11.3 Å². The van der Waals surface area contributed by atoms with E-state index in [4.69, 9.17) is 4.74 Å². The standard InChI is InChI=1S/C17H16N4O2/c1-23-16(13-5-3-2-4-6-13)17(22)19-15-11-14(20-21-15)12-7-9-18-10-8-12/h2-11,16H,1H3,(H2,19,20,21,22)/t16-/m0/s1. The Morgan fingerprint density at radius 3 is 2.61 bits per heavy atom. The number of hydrogen-bond donors (Lipinski definition) is 2. The lowest BCUT2D eigenvalue weighted by molar-refractivity contribution is -0.126. The predicted molar refractivity (Wildman–Crippen MR) is 86.6 cm³/mol. The van der Waals surface area contributed by atoms with Crippen LogP contribution in [0.4, 0.5) is 5.82 Å². The minimum Gasteiger partial charge on any atom is -0.367 e. The molecule has 6 heteroatoms. The average Bonchev–Trinajstić information content (AvgIpc) is 3.06. The Bertz CT molecular complexity index is 772. The number of nitrogens with zero attached hydrogens (tertiary/aromatic N) is 2. The lowest BCUT2D eigenvalue weighted by atomic mass is 10.1. The van der Waals surface area contributed by atoms with Crippen molar-refractivity contribution in [2.45, 2.75) is 6.10 Å². The first-order valence-electron chi connectivity index (χ1n) is 7.12. The van der Waals surface area contributed by atoms with E-state index in [1.54, 1.807) is 18.5 Å². The summed E-state index contributed by atoms with van der Waals surface area (Å²) in [6, 6.07) is 14.8. The Balaban J connectivity index is 1.74. The van der Waals surface area contributed by atoms with Gasteiger partial charge in [-0.2, -0.15) is 5.10 Å². The minimum atomic E-state index is -0.683. The second-order valence-corrected chi connectivity index (χ2v) is 4.92. The maximum absolute atomic E-state index is 12.4. The van der Waals surface area contributed by atoms with Crippen LogP contribution in [0.5, 0.6) is 0 Å². The van der Waals surface area contributed by atoms with Gasteiger partial charge in [-0.1, -0.05) is 30.3 Å². The van der Waals surface area contributed by atoms with Gasteiger partial charge in [-0.05, 0) is 17.7 Å². The second-order valence-electron chi connectivity index (χ2n) is 4.92. The SMILES string of the molecule is CO[C@H](C(=O)Nc1cc(-c2ccncc2)[nH]n1)c1ccccc1. The summed E-state index contributed by atoms with van der Waals surface area (Å²) < 4.78 is 5.30. The zero-order valence-electron chi connectivity index (χ0n) is 12.6. The molecule has 3 rings (SSSR count). The number of aromatic amines is 1. The van der Waals surface area contributed by atoms with Crippen molar-refractivity contribution in [3.63, 3.8) is 0 Å². The molecular formula is C17H16N4O2. The van der Waals surface area contributed by atoms with Crippen LogP contribution in [-0.4, -0.2) is 28.2 Å². The van der Waals surface area contributed by atoms with Crippen molar-refractivity contribution in [1.29, 1.82) is 0 Å². The number of pyridine rings is 1. The van der Waals surface area contributed by atoms with Crippen LogP contribution in [0, 0.1) is 0 Å². The van der Waals surface area contributed by atoms with E-state index in [9.17, 15) is 4.79 Å². The Morgan fingerprint density at radius 2 is 1.91 bits per heavy atom. The van der Waals surface area contributed by atoms with E-state index in [0.29, 0.717) is 5.82 Å². The number of benzene rings is 1. The van der Waals surface area contributed by atoms with Crippen molar-refractivity contribution in [2.75, 3.05) is 12.4 Å². The van der Waals surface area contributed by atoms with Gasteiger partial charge in [0.15, 0.2) is 11.9 Å². The summed E-state index contributed by atoms with van der Waals surface area (Å²) in [6.45, 7) is 0. The molecule has 1 amide bonds. The largest absolute Gasteiger partial charge is 0.367 e. The maximum atomic E-state index is 12.4. The van der Waals surface area contributed by atoms with E-state index in [1.165, 1.54) is 7.11 Å². The topological polar surface area (TPSA) is 79.9 Å². The van der Waals surface area contributed by atoms with Crippen LogP contribution >= 0.6 is 0 Å². The first-order chi connectivity index (χ1) is 11.3. The molecule has 0 spiro atoms. The smallest absolute Gasteiger partial charge is 0.259 e. The fraction of sp³-hybridized carbons (Fsp3) is 0.118. The number of ether oxygens (including phenoxy) is 1. The van der Waals surface area contributed by atoms with Crippen molar-refractivity contribution >= 4 is 11.7 Å². The van der Waals surface area contributed by atoms with Gasteiger partial charge in [0, 0.05) is 31.1 Å². The molecule has 2 heterocycles. The highest BCUT2D eigenvalue weighted by atomic mass is 16.5. The molecule has 0 aliphatic rings. The number of H-pyrrole nitrogens is 1. The summed E-state index contributed by atoms with van der Waals surface area (Å²) in [5.74, 6) is 0.172. The molecule has 3 aromatic rings. The van der Waals surface area contributed by atoms with E-state index < -0.39 is 6.10 Å². The van der Waals surface area contributed by atoms with Crippen LogP contribution in [0.25, 0.3) is 11.3 Å². The Kier molecular flexibility index (Phi) is 4.44. The van der Waals surface area contributed by atoms with Crippen LogP contribution in [0.15, 0.2) is 60.9 Å². The van der Waals surface area contributed by atoms with Gasteiger partial charge in [-0.3, -0.25) is 14.9 Å². The molecule has 6 nitrogen and oxygen atoms in total. The minimum absolute atomic E-state index is 0.272. The number of carbonyl (C=O) groups is 1. The van der Waals surface area contributed by atoms with Crippen LogP contribution in [0.2, 0.25) is 0 Å². The number of hydrogen-bond acceptors (Lipinski definition) is 4. The first-order valence-corrected chi connectivity index (χ1v) is 7.12. The molecule has 0 aliphatic carbocycles. The molecule has 0 fully saturated rings. The number of methoxy groups -OCH3 is 1. The number of amides is 1. The molecule has 2 aromatic heterocycles. The van der Waals surface area contributed by atoms with Gasteiger partial charge in [0.25, 0.3) is 5.91 Å². The van der Waals surface area contributed by atoms with E-state index >= 15 is 0 Å². The highest BCUT2D eigenvalue weighted by molar-refractivity contribution is 5.94. The number of carbonyl (C=O) groups excluding carboxylic acids is 1. The number of aromatic nitrogens is 3. The molecule has 1 atom stereocenters. The Labute approximate surface area is 133 Å². The van der Waals surface area contributed by atoms with Crippen molar-refractivity contribution in [2.24, 2.45) is 0 Å². The van der Waals surface area contributed by atoms with Gasteiger partial charge < -0.3 is 10.1 Å². The zero-order chi connectivity index (χ0) is 16.1. The molecule has 2 N–H and O–H groups in total. The lowest BCUT2D eigenvalue weighted by Gasteiger charge is -2.14. The molecule has 116 valence electrons. The summed E-state index contributed by atoms with van der Waals surface area (Å²) in [4.78, 5) is 16.4. The third-order valence-electron chi connectivity index (χ3n) is 3.40. The molecule has 0 radical (unpaired) electrons. The summed E-state index contributed by atoms with van der Waals surface area (Å²) in [6.07, 6.45) is 2.72. The van der Waals surface area contributed by atoms with E-state index in [-0.39, 0.29) is 5.91 Å². The molecule has 0 unspecified atom stereocenters. The number of rotatable bonds is 5. The van der Waals surface area contributed by atoms with Gasteiger partial charge in [-0.25, -0.2) is 0 Å². The van der Waals surface area contributed by atoms with E-state index in [2.05, 4.69) is 20.5 Å². The molecular weight excluding hydrogens is 292 g/mol. The third-order valence-corrected chi connectivity index (χ3v) is 3.40. The van der Waals surface area contributed by atoms with Gasteiger partial charge in [0.05, 0.1) is 5.69 Å². The molecule has 0 saturated carbocycles. The maximum Gasteiger partial charge on any atom is 0.259 e. The molecule has 23 heavy (non-hydrogen) atoms. The van der Waals surface area contributed by atoms with E-state index in [0.717, 1.165) is 16.8 Å². The van der Waals surface area contributed by atoms with Crippen LogP contribution in [-0.2, 0) is 9.53 Å². The van der Waals surface area contributed by atoms with Gasteiger partial charge in [0.2, 0.25) is 0 Å². The van der Waals surface area contributed by atoms with Crippen LogP contribution in [0.3, 0.4) is 0 Å². The quantitative estimate of drug-likeness (QED) is 0.759. The van der Waals surface area contributed by atoms with Gasteiger partial charge in [-0.15, -0.1) is 0 Å². The van der Waals surface area contributed by atoms with Crippen molar-refractivity contribution in [1.82, 2.24) is 15.2 Å².